The van der Waals surface area contributed by atoms with Gasteiger partial charge in [0, 0.05) is 0 Å². The van der Waals surface area contributed by atoms with Crippen LogP contribution in [0.2, 0.25) is 0 Å². The van der Waals surface area contributed by atoms with E-state index in [1.807, 2.05) is 6.92 Å². The van der Waals surface area contributed by atoms with Crippen molar-refractivity contribution in [3.8, 4) is 0 Å². The molecule has 150 valence electrons. The summed E-state index contributed by atoms with van der Waals surface area (Å²) in [6, 6.07) is -2.18. The maximum atomic E-state index is 13.5. The maximum absolute atomic E-state index is 13.5. The fourth-order valence-corrected chi connectivity index (χ4v) is 3.19. The lowest BCUT2D eigenvalue weighted by molar-refractivity contribution is -0.179. The Bertz CT molecular complexity index is 422. The topological polar surface area (TPSA) is 55.4 Å². The van der Waals surface area contributed by atoms with Crippen LogP contribution in [0, 0.1) is 5.92 Å². The molecule has 0 aromatic carbocycles. The summed E-state index contributed by atoms with van der Waals surface area (Å²) in [5.41, 5.74) is 0. The zero-order valence-corrected chi connectivity index (χ0v) is 16.7. The number of ether oxygens (including phenoxy) is 1. The van der Waals surface area contributed by atoms with E-state index in [1.165, 1.54) is 0 Å². The monoisotopic (exact) mass is 387 g/mol. The Labute approximate surface area is 151 Å². The van der Waals surface area contributed by atoms with E-state index in [0.29, 0.717) is 6.42 Å². The Morgan fingerprint density at radius 1 is 1.08 bits per heavy atom. The van der Waals surface area contributed by atoms with Gasteiger partial charge in [-0.05, 0) is 34.1 Å². The summed E-state index contributed by atoms with van der Waals surface area (Å²) in [7, 11) is -1.94. The molecule has 0 saturated carbocycles. The van der Waals surface area contributed by atoms with E-state index < -0.39 is 39.8 Å². The van der Waals surface area contributed by atoms with E-state index >= 15 is 0 Å². The molecule has 0 aliphatic rings. The molecule has 0 saturated heterocycles. The van der Waals surface area contributed by atoms with Crippen LogP contribution in [0.3, 0.4) is 0 Å². The third-order valence-electron chi connectivity index (χ3n) is 3.75. The number of hydrogen-bond donors (Lipinski definition) is 1. The van der Waals surface area contributed by atoms with E-state index in [4.69, 9.17) is 4.74 Å². The number of nitrogens with one attached hydrogen (secondary N) is 1. The van der Waals surface area contributed by atoms with Crippen LogP contribution >= 0.6 is 0 Å². The van der Waals surface area contributed by atoms with Crippen LogP contribution in [-0.2, 0) is 20.5 Å². The maximum Gasteiger partial charge on any atom is 0.405 e. The van der Waals surface area contributed by atoms with Gasteiger partial charge in [0.05, 0.1) is 28.3 Å². The van der Waals surface area contributed by atoms with Gasteiger partial charge in [-0.3, -0.25) is 4.79 Å². The third-order valence-corrected chi connectivity index (χ3v) is 5.33. The fraction of sp³-hybridized carbons (Fsp3) is 0.941. The Kier molecular flexibility index (Phi) is 10.9. The van der Waals surface area contributed by atoms with E-state index in [9.17, 15) is 22.2 Å². The molecule has 0 amide bonds. The zero-order valence-electron chi connectivity index (χ0n) is 15.9. The number of esters is 1. The number of carbonyl (C=O) groups excluding carboxylic acids is 1. The van der Waals surface area contributed by atoms with Crippen molar-refractivity contribution in [3.05, 3.63) is 0 Å². The van der Waals surface area contributed by atoms with E-state index in [-0.39, 0.29) is 13.0 Å². The van der Waals surface area contributed by atoms with Gasteiger partial charge in [0.25, 0.3) is 0 Å². The lowest BCUT2D eigenvalue weighted by Gasteiger charge is -2.30. The van der Waals surface area contributed by atoms with Crippen LogP contribution in [-0.4, -0.2) is 33.8 Å². The molecule has 1 N–H and O–H groups in total. The molecule has 0 aromatic heterocycles. The summed E-state index contributed by atoms with van der Waals surface area (Å²) in [6.07, 6.45) is -0.416. The molecule has 0 aromatic rings. The van der Waals surface area contributed by atoms with Crippen molar-refractivity contribution in [2.45, 2.75) is 90.1 Å². The fourth-order valence-electron chi connectivity index (χ4n) is 2.31. The first kappa shape index (κ1) is 24.4. The Morgan fingerprint density at radius 2 is 1.64 bits per heavy atom. The zero-order chi connectivity index (χ0) is 19.7. The molecule has 0 aliphatic heterocycles. The Morgan fingerprint density at radius 3 is 2.08 bits per heavy atom. The molecule has 0 unspecified atom stereocenters. The molecular formula is C17H32F3NO3S. The first-order valence-electron chi connectivity index (χ1n) is 8.86. The second kappa shape index (κ2) is 11.2. The Hall–Kier alpha value is -0.630. The number of unbranched alkanes of at least 4 members (excludes halogenated alkanes) is 4. The normalized spacial score (nSPS) is 16.3. The van der Waals surface area contributed by atoms with Gasteiger partial charge in [-0.1, -0.05) is 39.0 Å². The second-order valence-corrected chi connectivity index (χ2v) is 9.08. The average Bonchev–Trinajstić information content (AvgIpc) is 2.47. The molecule has 0 fully saturated rings. The highest BCUT2D eigenvalue weighted by molar-refractivity contribution is 7.84. The lowest BCUT2D eigenvalue weighted by atomic mass is 9.93. The smallest absolute Gasteiger partial charge is 0.405 e. The van der Waals surface area contributed by atoms with Crippen LogP contribution < -0.4 is 4.72 Å². The van der Waals surface area contributed by atoms with Gasteiger partial charge in [-0.15, -0.1) is 0 Å². The van der Waals surface area contributed by atoms with Gasteiger partial charge in [-0.2, -0.15) is 13.2 Å². The van der Waals surface area contributed by atoms with Gasteiger partial charge in [0.1, 0.15) is 6.04 Å². The summed E-state index contributed by atoms with van der Waals surface area (Å²) < 4.78 is 58.9. The van der Waals surface area contributed by atoms with Crippen LogP contribution in [0.1, 0.15) is 73.1 Å². The Balaban J connectivity index is 5.24. The average molecular weight is 388 g/mol. The van der Waals surface area contributed by atoms with Crippen molar-refractivity contribution in [1.29, 1.82) is 0 Å². The van der Waals surface area contributed by atoms with E-state index in [2.05, 4.69) is 4.72 Å². The van der Waals surface area contributed by atoms with Crippen molar-refractivity contribution in [3.63, 3.8) is 0 Å². The minimum Gasteiger partial charge on any atom is -0.466 e. The number of rotatable bonds is 11. The molecule has 0 heterocycles. The quantitative estimate of drug-likeness (QED) is 0.419. The second-order valence-electron chi connectivity index (χ2n) is 7.08. The van der Waals surface area contributed by atoms with Gasteiger partial charge in [0.15, 0.2) is 0 Å². The summed E-state index contributed by atoms with van der Waals surface area (Å²) in [5.74, 6) is -2.29. The van der Waals surface area contributed by atoms with Crippen LogP contribution in [0.4, 0.5) is 13.2 Å². The standard InChI is InChI=1S/C17H32F3NO3S/c1-6-8-9-10-11-12-13(15(22)24-7-2)14(17(18,19)20)21-25(23)16(3,4)5/h13-14,21H,6-12H2,1-5H3/t13-,14-,25-/m1/s1. The largest absolute Gasteiger partial charge is 0.466 e. The molecule has 25 heavy (non-hydrogen) atoms. The number of halogens is 3. The highest BCUT2D eigenvalue weighted by atomic mass is 32.2. The summed E-state index contributed by atoms with van der Waals surface area (Å²) in [6.45, 7) is 8.35. The van der Waals surface area contributed by atoms with Crippen molar-refractivity contribution in [2.75, 3.05) is 6.61 Å². The van der Waals surface area contributed by atoms with Crippen LogP contribution in [0.25, 0.3) is 0 Å². The minimum absolute atomic E-state index is 0.0120. The van der Waals surface area contributed by atoms with Crippen LogP contribution in [0.15, 0.2) is 0 Å². The minimum atomic E-state index is -4.69. The molecule has 3 atom stereocenters. The van der Waals surface area contributed by atoms with Crippen molar-refractivity contribution in [2.24, 2.45) is 5.92 Å². The van der Waals surface area contributed by atoms with Gasteiger partial charge in [0.2, 0.25) is 0 Å². The van der Waals surface area contributed by atoms with Gasteiger partial charge in [-0.25, -0.2) is 8.93 Å². The SMILES string of the molecule is CCCCCCC[C@@H](C(=O)OCC)[C@@H](N[S@](=O)C(C)(C)C)C(F)(F)F. The number of carbonyl (C=O) groups is 1. The predicted octanol–water partition coefficient (Wildman–Crippen LogP) is 4.51. The summed E-state index contributed by atoms with van der Waals surface area (Å²) >= 11 is 0. The van der Waals surface area contributed by atoms with Crippen molar-refractivity contribution < 1.29 is 26.9 Å². The first-order chi connectivity index (χ1) is 11.4. The number of hydrogen-bond acceptors (Lipinski definition) is 3. The van der Waals surface area contributed by atoms with Gasteiger partial charge < -0.3 is 4.74 Å². The van der Waals surface area contributed by atoms with Gasteiger partial charge >= 0.3 is 12.1 Å². The third kappa shape index (κ3) is 9.58. The lowest BCUT2D eigenvalue weighted by Crippen LogP contribution is -2.53. The highest BCUT2D eigenvalue weighted by Gasteiger charge is 2.49. The molecular weight excluding hydrogens is 355 g/mol. The molecule has 0 aliphatic carbocycles. The van der Waals surface area contributed by atoms with E-state index in [1.54, 1.807) is 27.7 Å². The molecule has 0 bridgehead atoms. The first-order valence-corrected chi connectivity index (χ1v) is 10.0. The van der Waals surface area contributed by atoms with E-state index in [0.717, 1.165) is 25.7 Å². The predicted molar refractivity (Wildman–Crippen MR) is 94.4 cm³/mol. The summed E-state index contributed by atoms with van der Waals surface area (Å²) in [5, 5.41) is 0. The molecule has 0 rings (SSSR count). The molecule has 0 radical (unpaired) electrons. The number of alkyl halides is 3. The van der Waals surface area contributed by atoms with Crippen molar-refractivity contribution in [1.82, 2.24) is 4.72 Å². The highest BCUT2D eigenvalue weighted by Crippen LogP contribution is 2.31. The van der Waals surface area contributed by atoms with Crippen LogP contribution in [0.5, 0.6) is 0 Å². The molecule has 0 spiro atoms. The summed E-state index contributed by atoms with van der Waals surface area (Å²) in [4.78, 5) is 12.1. The molecule has 4 nitrogen and oxygen atoms in total. The van der Waals surface area contributed by atoms with Crippen molar-refractivity contribution >= 4 is 17.0 Å². The molecule has 8 heteroatoms.